The van der Waals surface area contributed by atoms with Gasteiger partial charge >= 0.3 is 5.97 Å². The van der Waals surface area contributed by atoms with Crippen LogP contribution in [0.1, 0.15) is 50.1 Å². The molecule has 3 aromatic rings. The minimum atomic E-state index is -0.646. The molecule has 7 nitrogen and oxygen atoms in total. The number of aromatic nitrogens is 2. The van der Waals surface area contributed by atoms with Gasteiger partial charge in [0.2, 0.25) is 5.71 Å². The van der Waals surface area contributed by atoms with Gasteiger partial charge in [-0.15, -0.1) is 0 Å². The summed E-state index contributed by atoms with van der Waals surface area (Å²) in [5.74, 6) is -0.588. The van der Waals surface area contributed by atoms with Gasteiger partial charge in [-0.25, -0.2) is 9.78 Å². The van der Waals surface area contributed by atoms with E-state index in [-0.39, 0.29) is 41.4 Å². The van der Waals surface area contributed by atoms with E-state index < -0.39 is 11.5 Å². The zero-order chi connectivity index (χ0) is 20.6. The molecule has 0 bridgehead atoms. The Morgan fingerprint density at radius 3 is 2.36 bits per heavy atom. The lowest BCUT2D eigenvalue weighted by Crippen LogP contribution is -2.26. The molecule has 0 amide bonds. The molecule has 0 spiro atoms. The van der Waals surface area contributed by atoms with Gasteiger partial charge in [-0.3, -0.25) is 14.2 Å². The first-order valence-corrected chi connectivity index (χ1v) is 9.01. The number of ether oxygens (including phenoxy) is 1. The molecule has 0 aliphatic rings. The van der Waals surface area contributed by atoms with E-state index in [0.717, 1.165) is 16.7 Å². The first-order chi connectivity index (χ1) is 13.2. The van der Waals surface area contributed by atoms with Gasteiger partial charge in [0, 0.05) is 5.56 Å². The van der Waals surface area contributed by atoms with E-state index in [2.05, 4.69) is 4.98 Å². The highest BCUT2D eigenvalue weighted by molar-refractivity contribution is 6.03. The monoisotopic (exact) mass is 382 g/mol. The van der Waals surface area contributed by atoms with Crippen LogP contribution in [-0.2, 0) is 11.3 Å². The van der Waals surface area contributed by atoms with Gasteiger partial charge < -0.3 is 9.15 Å². The number of Topliss-reactive ketones (excluding diaryl/α,β-unsaturated/α-hetero) is 1. The molecule has 28 heavy (non-hydrogen) atoms. The molecule has 0 fully saturated rings. The summed E-state index contributed by atoms with van der Waals surface area (Å²) in [5.41, 5.74) is 2.97. The third kappa shape index (κ3) is 3.35. The first-order valence-electron chi connectivity index (χ1n) is 9.01. The maximum absolute atomic E-state index is 13.0. The first kappa shape index (κ1) is 19.5. The van der Waals surface area contributed by atoms with E-state index in [9.17, 15) is 14.4 Å². The van der Waals surface area contributed by atoms with E-state index in [0.29, 0.717) is 5.56 Å². The summed E-state index contributed by atoms with van der Waals surface area (Å²) >= 11 is 0. The fraction of sp³-hybridized carbons (Fsp3) is 0.333. The molecule has 0 aliphatic carbocycles. The number of hydrogen-bond donors (Lipinski definition) is 0. The summed E-state index contributed by atoms with van der Waals surface area (Å²) in [6, 6.07) is 3.87. The van der Waals surface area contributed by atoms with Crippen LogP contribution in [0.5, 0.6) is 0 Å². The molecule has 0 N–H and O–H groups in total. The highest BCUT2D eigenvalue weighted by Crippen LogP contribution is 2.22. The molecule has 0 atom stereocenters. The minimum absolute atomic E-state index is 0.0311. The average molecular weight is 382 g/mol. The van der Waals surface area contributed by atoms with Gasteiger partial charge in [0.15, 0.2) is 5.78 Å². The van der Waals surface area contributed by atoms with E-state index in [1.807, 2.05) is 32.9 Å². The van der Waals surface area contributed by atoms with Crippen molar-refractivity contribution < 1.29 is 18.7 Å². The van der Waals surface area contributed by atoms with Crippen LogP contribution in [0, 0.1) is 27.7 Å². The molecule has 0 unspecified atom stereocenters. The van der Waals surface area contributed by atoms with Crippen LogP contribution in [-0.4, -0.2) is 27.9 Å². The van der Waals surface area contributed by atoms with Gasteiger partial charge in [0.25, 0.3) is 5.56 Å². The number of ketones is 1. The molecule has 1 aromatic carbocycles. The molecular formula is C21H22N2O5. The topological polar surface area (TPSA) is 91.4 Å². The van der Waals surface area contributed by atoms with Crippen LogP contribution in [0.3, 0.4) is 0 Å². The summed E-state index contributed by atoms with van der Waals surface area (Å²) in [6.45, 7) is 8.95. The van der Waals surface area contributed by atoms with Crippen LogP contribution in [0.4, 0.5) is 0 Å². The highest BCUT2D eigenvalue weighted by atomic mass is 16.5. The fourth-order valence-corrected chi connectivity index (χ4v) is 3.55. The number of hydrogen-bond acceptors (Lipinski definition) is 6. The summed E-state index contributed by atoms with van der Waals surface area (Å²) in [7, 11) is 0. The van der Waals surface area contributed by atoms with E-state index >= 15 is 0 Å². The molecule has 7 heteroatoms. The van der Waals surface area contributed by atoms with Crippen molar-refractivity contribution in [1.29, 1.82) is 0 Å². The number of rotatable bonds is 5. The fourth-order valence-electron chi connectivity index (χ4n) is 3.55. The second-order valence-corrected chi connectivity index (χ2v) is 6.81. The van der Waals surface area contributed by atoms with Crippen molar-refractivity contribution >= 4 is 22.9 Å². The van der Waals surface area contributed by atoms with E-state index in [1.54, 1.807) is 13.8 Å². The largest absolute Gasteiger partial charge is 0.462 e. The van der Waals surface area contributed by atoms with Crippen molar-refractivity contribution in [3.05, 3.63) is 62.4 Å². The predicted octanol–water partition coefficient (Wildman–Crippen LogP) is 3.28. The average Bonchev–Trinajstić information content (AvgIpc) is 2.93. The summed E-state index contributed by atoms with van der Waals surface area (Å²) in [5, 5.41) is 0.0311. The molecule has 3 rings (SSSR count). The van der Waals surface area contributed by atoms with Crippen molar-refractivity contribution in [3.8, 4) is 0 Å². The van der Waals surface area contributed by atoms with Crippen molar-refractivity contribution in [3.63, 3.8) is 0 Å². The molecule has 0 radical (unpaired) electrons. The van der Waals surface area contributed by atoms with Crippen molar-refractivity contribution in [1.82, 2.24) is 9.55 Å². The third-order valence-electron chi connectivity index (χ3n) is 4.60. The number of fused-ring (bicyclic) bond motifs is 1. The van der Waals surface area contributed by atoms with E-state index in [1.165, 1.54) is 10.9 Å². The molecule has 0 aliphatic heterocycles. The van der Waals surface area contributed by atoms with Gasteiger partial charge in [-0.1, -0.05) is 17.7 Å². The summed E-state index contributed by atoms with van der Waals surface area (Å²) in [6.07, 6.45) is 1.26. The zero-order valence-electron chi connectivity index (χ0n) is 16.6. The zero-order valence-corrected chi connectivity index (χ0v) is 16.6. The summed E-state index contributed by atoms with van der Waals surface area (Å²) < 4.78 is 11.7. The van der Waals surface area contributed by atoms with E-state index in [4.69, 9.17) is 9.15 Å². The number of carbonyl (C=O) groups excluding carboxylic acids is 2. The molecule has 2 heterocycles. The quantitative estimate of drug-likeness (QED) is 0.497. The molecular weight excluding hydrogens is 360 g/mol. The van der Waals surface area contributed by atoms with Gasteiger partial charge in [-0.2, -0.15) is 0 Å². The molecule has 0 saturated carbocycles. The molecule has 2 aromatic heterocycles. The lowest BCUT2D eigenvalue weighted by Gasteiger charge is -2.11. The molecule has 146 valence electrons. The Balaban J connectivity index is 2.07. The second kappa shape index (κ2) is 7.42. The SMILES string of the molecule is CCOC(=O)c1c(C)oc2ncn(CC(=O)c3c(C)cc(C)cc3C)c(=O)c12. The van der Waals surface area contributed by atoms with Crippen molar-refractivity contribution in [2.75, 3.05) is 6.61 Å². The van der Waals surface area contributed by atoms with Crippen LogP contribution >= 0.6 is 0 Å². The number of furan rings is 1. The second-order valence-electron chi connectivity index (χ2n) is 6.81. The Kier molecular flexibility index (Phi) is 5.18. The summed E-state index contributed by atoms with van der Waals surface area (Å²) in [4.78, 5) is 42.2. The lowest BCUT2D eigenvalue weighted by molar-refractivity contribution is 0.0526. The van der Waals surface area contributed by atoms with Crippen LogP contribution < -0.4 is 5.56 Å². The standard InChI is InChI=1S/C21H22N2O5/c1-6-27-21(26)17-14(5)28-19-18(17)20(25)23(10-22-19)9-15(24)16-12(3)7-11(2)8-13(16)4/h7-8,10H,6,9H2,1-5H3. The Labute approximate surface area is 161 Å². The number of aryl methyl sites for hydroxylation is 4. The highest BCUT2D eigenvalue weighted by Gasteiger charge is 2.24. The number of nitrogens with zero attached hydrogens (tertiary/aromatic N) is 2. The maximum Gasteiger partial charge on any atom is 0.342 e. The normalized spacial score (nSPS) is 11.0. The Morgan fingerprint density at radius 1 is 1.11 bits per heavy atom. The van der Waals surface area contributed by atoms with Gasteiger partial charge in [0.1, 0.15) is 23.0 Å². The third-order valence-corrected chi connectivity index (χ3v) is 4.60. The van der Waals surface area contributed by atoms with Crippen LogP contribution in [0.15, 0.2) is 27.7 Å². The lowest BCUT2D eigenvalue weighted by atomic mass is 9.96. The number of carbonyl (C=O) groups is 2. The van der Waals surface area contributed by atoms with Gasteiger partial charge in [0.05, 0.1) is 13.2 Å². The Bertz CT molecular complexity index is 1130. The predicted molar refractivity (Wildman–Crippen MR) is 104 cm³/mol. The van der Waals surface area contributed by atoms with Crippen molar-refractivity contribution in [2.24, 2.45) is 0 Å². The number of esters is 1. The smallest absolute Gasteiger partial charge is 0.342 e. The number of benzene rings is 1. The van der Waals surface area contributed by atoms with Crippen LogP contribution in [0.25, 0.3) is 11.1 Å². The Hall–Kier alpha value is -3.22. The van der Waals surface area contributed by atoms with Crippen LogP contribution in [0.2, 0.25) is 0 Å². The minimum Gasteiger partial charge on any atom is -0.462 e. The van der Waals surface area contributed by atoms with Crippen molar-refractivity contribution in [2.45, 2.75) is 41.2 Å². The van der Waals surface area contributed by atoms with Gasteiger partial charge in [-0.05, 0) is 45.7 Å². The maximum atomic E-state index is 13.0. The molecule has 0 saturated heterocycles. The Morgan fingerprint density at radius 2 is 1.75 bits per heavy atom.